The van der Waals surface area contributed by atoms with Crippen molar-refractivity contribution in [3.63, 3.8) is 0 Å². The molecule has 1 aliphatic rings. The van der Waals surface area contributed by atoms with E-state index in [9.17, 15) is 18.4 Å². The number of hydrogen-bond donors (Lipinski definition) is 2. The Labute approximate surface area is 152 Å². The van der Waals surface area contributed by atoms with E-state index in [1.807, 2.05) is 19.1 Å². The number of carbonyl (C=O) groups is 2. The molecule has 0 aromatic heterocycles. The number of thioether (sulfide) groups is 1. The van der Waals surface area contributed by atoms with Gasteiger partial charge in [-0.15, -0.1) is 0 Å². The van der Waals surface area contributed by atoms with Crippen LogP contribution in [0.3, 0.4) is 0 Å². The summed E-state index contributed by atoms with van der Waals surface area (Å²) in [5.74, 6) is -2.52. The van der Waals surface area contributed by atoms with Crippen LogP contribution in [0.5, 0.6) is 0 Å². The Hall–Kier alpha value is -2.74. The molecule has 5 nitrogen and oxygen atoms in total. The molecule has 1 heterocycles. The Balaban J connectivity index is 1.74. The molecule has 0 unspecified atom stereocenters. The molecule has 1 aliphatic heterocycles. The van der Waals surface area contributed by atoms with Crippen molar-refractivity contribution in [2.24, 2.45) is 4.99 Å². The molecule has 2 aromatic carbocycles. The highest BCUT2D eigenvalue weighted by Crippen LogP contribution is 2.25. The zero-order valence-electron chi connectivity index (χ0n) is 13.8. The fourth-order valence-corrected chi connectivity index (χ4v) is 3.29. The van der Waals surface area contributed by atoms with Crippen molar-refractivity contribution >= 4 is 40.1 Å². The van der Waals surface area contributed by atoms with Crippen LogP contribution in [0.15, 0.2) is 47.5 Å². The van der Waals surface area contributed by atoms with Crippen molar-refractivity contribution in [1.82, 2.24) is 5.32 Å². The van der Waals surface area contributed by atoms with Crippen LogP contribution in [0, 0.1) is 18.6 Å². The lowest BCUT2D eigenvalue weighted by Crippen LogP contribution is -2.42. The normalized spacial score (nSPS) is 18.5. The lowest BCUT2D eigenvalue weighted by Gasteiger charge is -2.22. The molecule has 8 heteroatoms. The summed E-state index contributed by atoms with van der Waals surface area (Å²) in [4.78, 5) is 28.6. The fraction of sp³-hybridized carbons (Fsp3) is 0.167. The third-order valence-corrected chi connectivity index (χ3v) is 4.70. The number of rotatable bonds is 3. The predicted octanol–water partition coefficient (Wildman–Crippen LogP) is 3.52. The van der Waals surface area contributed by atoms with E-state index in [2.05, 4.69) is 15.6 Å². The van der Waals surface area contributed by atoms with Crippen molar-refractivity contribution in [1.29, 1.82) is 0 Å². The highest BCUT2D eigenvalue weighted by molar-refractivity contribution is 8.15. The molecule has 0 radical (unpaired) electrons. The molecule has 1 atom stereocenters. The van der Waals surface area contributed by atoms with E-state index in [4.69, 9.17) is 0 Å². The standard InChI is InChI=1S/C18H15F2N3O2S/c1-10-2-5-12(6-3-10)21-18-23-16(24)9-15(26-18)17(25)22-14-7-4-11(19)8-13(14)20/h2-8,15H,9H2,1H3,(H,22,25)(H,21,23,24)/t15-/m0/s1. The number of anilines is 1. The topological polar surface area (TPSA) is 70.6 Å². The first-order chi connectivity index (χ1) is 12.4. The van der Waals surface area contributed by atoms with E-state index in [1.54, 1.807) is 12.1 Å². The third kappa shape index (κ3) is 4.45. The number of amidine groups is 1. The minimum atomic E-state index is -0.878. The Kier molecular flexibility index (Phi) is 5.32. The summed E-state index contributed by atoms with van der Waals surface area (Å²) in [6, 6.07) is 10.2. The number of amides is 2. The van der Waals surface area contributed by atoms with E-state index >= 15 is 0 Å². The van der Waals surface area contributed by atoms with Crippen LogP contribution in [-0.4, -0.2) is 22.2 Å². The van der Waals surface area contributed by atoms with Crippen molar-refractivity contribution in [3.8, 4) is 0 Å². The summed E-state index contributed by atoms with van der Waals surface area (Å²) in [5, 5.41) is 4.53. The molecular weight excluding hydrogens is 360 g/mol. The highest BCUT2D eigenvalue weighted by Gasteiger charge is 2.30. The van der Waals surface area contributed by atoms with E-state index in [1.165, 1.54) is 0 Å². The molecule has 2 aromatic rings. The van der Waals surface area contributed by atoms with Crippen molar-refractivity contribution in [2.45, 2.75) is 18.6 Å². The van der Waals surface area contributed by atoms with Crippen LogP contribution < -0.4 is 10.6 Å². The van der Waals surface area contributed by atoms with Gasteiger partial charge in [-0.3, -0.25) is 9.59 Å². The fourth-order valence-electron chi connectivity index (χ4n) is 2.29. The summed E-state index contributed by atoms with van der Waals surface area (Å²) in [6.07, 6.45) is -0.0633. The van der Waals surface area contributed by atoms with E-state index < -0.39 is 22.8 Å². The number of benzene rings is 2. The zero-order chi connectivity index (χ0) is 18.7. The lowest BCUT2D eigenvalue weighted by molar-refractivity contribution is -0.123. The van der Waals surface area contributed by atoms with Crippen molar-refractivity contribution < 1.29 is 18.4 Å². The van der Waals surface area contributed by atoms with Gasteiger partial charge in [0.25, 0.3) is 0 Å². The quantitative estimate of drug-likeness (QED) is 0.862. The minimum absolute atomic E-state index is 0.0633. The van der Waals surface area contributed by atoms with Crippen LogP contribution in [0.2, 0.25) is 0 Å². The zero-order valence-corrected chi connectivity index (χ0v) is 14.6. The van der Waals surface area contributed by atoms with Gasteiger partial charge in [0.2, 0.25) is 11.8 Å². The second-order valence-electron chi connectivity index (χ2n) is 5.72. The van der Waals surface area contributed by atoms with Gasteiger partial charge in [0.1, 0.15) is 16.9 Å². The summed E-state index contributed by atoms with van der Waals surface area (Å²) < 4.78 is 26.6. The molecule has 0 spiro atoms. The average Bonchev–Trinajstić information content (AvgIpc) is 2.59. The second-order valence-corrected chi connectivity index (χ2v) is 6.92. The molecule has 0 saturated carbocycles. The molecule has 0 bridgehead atoms. The Morgan fingerprint density at radius 3 is 2.65 bits per heavy atom. The third-order valence-electron chi connectivity index (χ3n) is 3.62. The first-order valence-electron chi connectivity index (χ1n) is 7.78. The average molecular weight is 375 g/mol. The van der Waals surface area contributed by atoms with Gasteiger partial charge in [0.05, 0.1) is 11.4 Å². The summed E-state index contributed by atoms with van der Waals surface area (Å²) >= 11 is 1.08. The van der Waals surface area contributed by atoms with Gasteiger partial charge in [-0.1, -0.05) is 29.5 Å². The summed E-state index contributed by atoms with van der Waals surface area (Å²) in [7, 11) is 0. The maximum atomic E-state index is 13.7. The van der Waals surface area contributed by atoms with Gasteiger partial charge in [0, 0.05) is 12.5 Å². The minimum Gasteiger partial charge on any atom is -0.323 e. The number of carbonyl (C=O) groups excluding carboxylic acids is 2. The van der Waals surface area contributed by atoms with E-state index in [0.29, 0.717) is 16.9 Å². The maximum absolute atomic E-state index is 13.7. The molecule has 1 fully saturated rings. The lowest BCUT2D eigenvalue weighted by atomic mass is 10.2. The van der Waals surface area contributed by atoms with Crippen LogP contribution in [-0.2, 0) is 9.59 Å². The van der Waals surface area contributed by atoms with Gasteiger partial charge in [-0.2, -0.15) is 0 Å². The number of aliphatic imine (C=N–C) groups is 1. The summed E-state index contributed by atoms with van der Waals surface area (Å²) in [5.41, 5.74) is 1.58. The van der Waals surface area contributed by atoms with Crippen LogP contribution >= 0.6 is 11.8 Å². The SMILES string of the molecule is Cc1ccc(N=C2NC(=O)C[C@@H](C(=O)Nc3ccc(F)cc3F)S2)cc1. The predicted molar refractivity (Wildman–Crippen MR) is 97.4 cm³/mol. The molecule has 2 amide bonds. The molecule has 1 saturated heterocycles. The Morgan fingerprint density at radius 2 is 1.96 bits per heavy atom. The molecule has 26 heavy (non-hydrogen) atoms. The highest BCUT2D eigenvalue weighted by atomic mass is 32.2. The first-order valence-corrected chi connectivity index (χ1v) is 8.66. The number of aryl methyl sites for hydroxylation is 1. The molecule has 2 N–H and O–H groups in total. The van der Waals surface area contributed by atoms with Crippen molar-refractivity contribution in [2.75, 3.05) is 5.32 Å². The van der Waals surface area contributed by atoms with Crippen LogP contribution in [0.25, 0.3) is 0 Å². The van der Waals surface area contributed by atoms with Gasteiger partial charge in [-0.25, -0.2) is 13.8 Å². The first kappa shape index (κ1) is 18.1. The van der Waals surface area contributed by atoms with Crippen molar-refractivity contribution in [3.05, 3.63) is 59.7 Å². The number of nitrogens with one attached hydrogen (secondary N) is 2. The number of halogens is 2. The van der Waals surface area contributed by atoms with Crippen LogP contribution in [0.4, 0.5) is 20.2 Å². The number of hydrogen-bond acceptors (Lipinski definition) is 4. The van der Waals surface area contributed by atoms with Crippen LogP contribution in [0.1, 0.15) is 12.0 Å². The van der Waals surface area contributed by atoms with Gasteiger partial charge in [-0.05, 0) is 31.2 Å². The number of nitrogens with zero attached hydrogens (tertiary/aromatic N) is 1. The summed E-state index contributed by atoms with van der Waals surface area (Å²) in [6.45, 7) is 1.95. The smallest absolute Gasteiger partial charge is 0.238 e. The van der Waals surface area contributed by atoms with E-state index in [0.717, 1.165) is 29.5 Å². The van der Waals surface area contributed by atoms with Gasteiger partial charge in [0.15, 0.2) is 5.17 Å². The van der Waals surface area contributed by atoms with E-state index in [-0.39, 0.29) is 18.0 Å². The molecule has 0 aliphatic carbocycles. The van der Waals surface area contributed by atoms with Gasteiger partial charge >= 0.3 is 0 Å². The molecule has 3 rings (SSSR count). The second kappa shape index (κ2) is 7.65. The largest absolute Gasteiger partial charge is 0.323 e. The Morgan fingerprint density at radius 1 is 1.23 bits per heavy atom. The maximum Gasteiger partial charge on any atom is 0.238 e. The monoisotopic (exact) mass is 375 g/mol. The molecule has 134 valence electrons. The Bertz CT molecular complexity index is 885. The van der Waals surface area contributed by atoms with Gasteiger partial charge < -0.3 is 10.6 Å². The molecular formula is C18H15F2N3O2S.